The molecule has 0 radical (unpaired) electrons. The van der Waals surface area contributed by atoms with Crippen molar-refractivity contribution in [2.24, 2.45) is 0 Å². The molecule has 0 saturated carbocycles. The number of carbonyl (C=O) groups is 2. The summed E-state index contributed by atoms with van der Waals surface area (Å²) < 4.78 is 0.954. The van der Waals surface area contributed by atoms with Crippen molar-refractivity contribution in [3.63, 3.8) is 0 Å². The molecule has 1 unspecified atom stereocenters. The van der Waals surface area contributed by atoms with Gasteiger partial charge < -0.3 is 16.2 Å². The van der Waals surface area contributed by atoms with Crippen molar-refractivity contribution in [3.05, 3.63) is 59.2 Å². The fourth-order valence-corrected chi connectivity index (χ4v) is 5.09. The Balaban J connectivity index is 0.000000379. The van der Waals surface area contributed by atoms with Crippen LogP contribution in [0.3, 0.4) is 0 Å². The van der Waals surface area contributed by atoms with E-state index in [9.17, 15) is 14.7 Å². The fraction of sp³-hybridized carbons (Fsp3) is 0.333. The minimum absolute atomic E-state index is 0.355. The molecule has 0 aliphatic carbocycles. The fourth-order valence-electron chi connectivity index (χ4n) is 3.09. The highest BCUT2D eigenvalue weighted by Crippen LogP contribution is 2.28. The van der Waals surface area contributed by atoms with Gasteiger partial charge in [0, 0.05) is 5.56 Å². The number of aromatic nitrogens is 2. The maximum atomic E-state index is 12.8. The molecule has 182 valence electrons. The van der Waals surface area contributed by atoms with Gasteiger partial charge >= 0.3 is 5.97 Å². The second-order valence-electron chi connectivity index (χ2n) is 7.35. The highest BCUT2D eigenvalue weighted by atomic mass is 32.2. The number of carbonyl (C=O) groups excluding carboxylic acids is 1. The third kappa shape index (κ3) is 8.34. The van der Waals surface area contributed by atoms with Gasteiger partial charge in [-0.05, 0) is 60.8 Å². The minimum atomic E-state index is -1.01. The summed E-state index contributed by atoms with van der Waals surface area (Å²) in [5.74, 6) is 0.337. The van der Waals surface area contributed by atoms with Gasteiger partial charge in [-0.1, -0.05) is 72.0 Å². The molecule has 10 heteroatoms. The number of anilines is 1. The van der Waals surface area contributed by atoms with E-state index < -0.39 is 12.0 Å². The highest BCUT2D eigenvalue weighted by molar-refractivity contribution is 8.01. The lowest BCUT2D eigenvalue weighted by Crippen LogP contribution is -2.41. The highest BCUT2D eigenvalue weighted by Gasteiger charge is 2.22. The predicted molar refractivity (Wildman–Crippen MR) is 144 cm³/mol. The van der Waals surface area contributed by atoms with Crippen molar-refractivity contribution in [1.82, 2.24) is 15.5 Å². The van der Waals surface area contributed by atoms with Gasteiger partial charge in [0.2, 0.25) is 5.13 Å². The van der Waals surface area contributed by atoms with E-state index in [2.05, 4.69) is 22.4 Å². The summed E-state index contributed by atoms with van der Waals surface area (Å²) in [5.41, 5.74) is 9.76. The average Bonchev–Trinajstić information content (AvgIpc) is 3.22. The normalized spacial score (nSPS) is 11.3. The van der Waals surface area contributed by atoms with E-state index in [0.29, 0.717) is 22.9 Å². The molecule has 1 aromatic heterocycles. The Morgan fingerprint density at radius 3 is 2.47 bits per heavy atom. The first-order valence-electron chi connectivity index (χ1n) is 10.7. The van der Waals surface area contributed by atoms with E-state index in [-0.39, 0.29) is 5.91 Å². The molecule has 34 heavy (non-hydrogen) atoms. The Morgan fingerprint density at radius 2 is 1.88 bits per heavy atom. The molecule has 1 amide bonds. The topological polar surface area (TPSA) is 118 Å². The molecular formula is C24H30N4O3S3. The van der Waals surface area contributed by atoms with Crippen LogP contribution in [0.15, 0.2) is 46.8 Å². The molecule has 3 rings (SSSR count). The number of rotatable bonds is 9. The Hall–Kier alpha value is -2.56. The molecule has 0 spiro atoms. The van der Waals surface area contributed by atoms with Crippen LogP contribution >= 0.6 is 34.9 Å². The van der Waals surface area contributed by atoms with E-state index >= 15 is 0 Å². The number of carboxylic acid groups (broad SMARTS) is 1. The summed E-state index contributed by atoms with van der Waals surface area (Å²) in [6.07, 6.45) is 2.31. The van der Waals surface area contributed by atoms with Crippen LogP contribution in [0.25, 0.3) is 11.1 Å². The largest absolute Gasteiger partial charge is 0.480 e. The smallest absolute Gasteiger partial charge is 0.326 e. The van der Waals surface area contributed by atoms with Gasteiger partial charge in [0.15, 0.2) is 4.34 Å². The molecule has 0 aliphatic heterocycles. The number of nitrogens with zero attached hydrogens (tertiary/aromatic N) is 2. The number of thioether (sulfide) groups is 2. The van der Waals surface area contributed by atoms with Crippen molar-refractivity contribution in [3.8, 4) is 11.1 Å². The number of nitrogens with two attached hydrogens (primary N) is 1. The third-order valence-corrected chi connectivity index (χ3v) is 7.17. The lowest BCUT2D eigenvalue weighted by molar-refractivity contribution is -0.139. The monoisotopic (exact) mass is 518 g/mol. The maximum absolute atomic E-state index is 12.8. The molecule has 3 aromatic rings. The van der Waals surface area contributed by atoms with Crippen molar-refractivity contribution in [2.75, 3.05) is 23.5 Å². The van der Waals surface area contributed by atoms with Gasteiger partial charge in [-0.2, -0.15) is 11.8 Å². The van der Waals surface area contributed by atoms with Crippen molar-refractivity contribution >= 4 is 51.9 Å². The summed E-state index contributed by atoms with van der Waals surface area (Å²) in [5, 5.41) is 20.0. The second kappa shape index (κ2) is 14.0. The van der Waals surface area contributed by atoms with Crippen LogP contribution in [0.5, 0.6) is 0 Å². The van der Waals surface area contributed by atoms with E-state index in [1.807, 2.05) is 56.5 Å². The lowest BCUT2D eigenvalue weighted by atomic mass is 9.94. The van der Waals surface area contributed by atoms with Crippen LogP contribution in [-0.2, 0) is 4.79 Å². The first-order valence-corrected chi connectivity index (χ1v) is 13.9. The van der Waals surface area contributed by atoms with Crippen molar-refractivity contribution < 1.29 is 14.7 Å². The minimum Gasteiger partial charge on any atom is -0.480 e. The number of amides is 1. The Kier molecular flexibility index (Phi) is 11.4. The molecule has 1 heterocycles. The summed E-state index contributed by atoms with van der Waals surface area (Å²) in [6.45, 7) is 6.04. The van der Waals surface area contributed by atoms with Crippen LogP contribution in [0, 0.1) is 13.8 Å². The number of aryl methyl sites for hydroxylation is 2. The SMILES string of the molecule is CCSc1nnc(N)s1.CSCCC(NC(=O)c1ccc(C)cc1-c1ccccc1C)C(=O)O. The molecule has 7 nitrogen and oxygen atoms in total. The molecule has 1 atom stereocenters. The first-order chi connectivity index (χ1) is 16.3. The zero-order valence-electron chi connectivity index (χ0n) is 19.7. The number of aliphatic carboxylic acids is 1. The number of carboxylic acids is 1. The van der Waals surface area contributed by atoms with Gasteiger partial charge in [0.05, 0.1) is 0 Å². The number of nitrogen functional groups attached to an aromatic ring is 1. The zero-order valence-corrected chi connectivity index (χ0v) is 22.1. The van der Waals surface area contributed by atoms with Gasteiger partial charge in [0.1, 0.15) is 6.04 Å². The molecule has 4 N–H and O–H groups in total. The molecule has 0 aliphatic rings. The Morgan fingerprint density at radius 1 is 1.15 bits per heavy atom. The van der Waals surface area contributed by atoms with Gasteiger partial charge in [-0.15, -0.1) is 10.2 Å². The van der Waals surface area contributed by atoms with Crippen molar-refractivity contribution in [2.45, 2.75) is 37.6 Å². The number of hydrogen-bond acceptors (Lipinski definition) is 8. The standard InChI is InChI=1S/C20H23NO3S.C4H7N3S2/c1-13-8-9-16(17(12-13)15-7-5-4-6-14(15)2)19(22)21-18(20(23)24)10-11-25-3;1-2-8-4-7-6-3(5)9-4/h4-9,12,18H,10-11H2,1-3H3,(H,21,22)(H,23,24);2H2,1H3,(H2,5,6). The third-order valence-electron chi connectivity index (χ3n) is 4.76. The van der Waals surface area contributed by atoms with Crippen LogP contribution in [0.1, 0.15) is 34.8 Å². The number of nitrogens with one attached hydrogen (secondary N) is 1. The maximum Gasteiger partial charge on any atom is 0.326 e. The summed E-state index contributed by atoms with van der Waals surface area (Å²) in [6, 6.07) is 12.6. The van der Waals surface area contributed by atoms with E-state index in [4.69, 9.17) is 5.73 Å². The molecule has 0 saturated heterocycles. The lowest BCUT2D eigenvalue weighted by Gasteiger charge is -2.17. The number of benzene rings is 2. The Labute approximate surface area is 213 Å². The average molecular weight is 519 g/mol. The van der Waals surface area contributed by atoms with Crippen LogP contribution in [-0.4, -0.2) is 51.0 Å². The Bertz CT molecular complexity index is 1100. The van der Waals surface area contributed by atoms with E-state index in [1.165, 1.54) is 11.3 Å². The van der Waals surface area contributed by atoms with Crippen LogP contribution in [0.4, 0.5) is 5.13 Å². The molecule has 0 bridgehead atoms. The predicted octanol–water partition coefficient (Wildman–Crippen LogP) is 5.14. The summed E-state index contributed by atoms with van der Waals surface area (Å²) in [4.78, 5) is 24.2. The quantitative estimate of drug-likeness (QED) is 0.333. The molecular weight excluding hydrogens is 488 g/mol. The second-order valence-corrected chi connectivity index (χ2v) is 10.9. The number of hydrogen-bond donors (Lipinski definition) is 3. The van der Waals surface area contributed by atoms with E-state index in [0.717, 1.165) is 32.3 Å². The van der Waals surface area contributed by atoms with Gasteiger partial charge in [-0.25, -0.2) is 4.79 Å². The van der Waals surface area contributed by atoms with Crippen LogP contribution < -0.4 is 11.1 Å². The van der Waals surface area contributed by atoms with Gasteiger partial charge in [0.25, 0.3) is 5.91 Å². The van der Waals surface area contributed by atoms with E-state index in [1.54, 1.807) is 29.6 Å². The van der Waals surface area contributed by atoms with Crippen LogP contribution in [0.2, 0.25) is 0 Å². The molecule has 2 aromatic carbocycles. The first kappa shape index (κ1) is 27.7. The zero-order chi connectivity index (χ0) is 25.1. The van der Waals surface area contributed by atoms with Gasteiger partial charge in [-0.3, -0.25) is 4.79 Å². The van der Waals surface area contributed by atoms with Crippen molar-refractivity contribution in [1.29, 1.82) is 0 Å². The summed E-state index contributed by atoms with van der Waals surface area (Å²) in [7, 11) is 0. The summed E-state index contributed by atoms with van der Waals surface area (Å²) >= 11 is 4.65. The molecule has 0 fully saturated rings.